The summed E-state index contributed by atoms with van der Waals surface area (Å²) in [5.41, 5.74) is 3.63. The number of nitriles is 1. The molecule has 108 valence electrons. The van der Waals surface area contributed by atoms with Crippen LogP contribution in [0.3, 0.4) is 0 Å². The molecule has 0 spiro atoms. The Morgan fingerprint density at radius 2 is 2.09 bits per heavy atom. The lowest BCUT2D eigenvalue weighted by molar-refractivity contribution is 0.832. The Labute approximate surface area is 133 Å². The topological polar surface area (TPSA) is 49.6 Å². The molecule has 0 atom stereocenters. The van der Waals surface area contributed by atoms with Gasteiger partial charge in [0.05, 0.1) is 22.8 Å². The average Bonchev–Trinajstić information content (AvgIpc) is 3.01. The fourth-order valence-corrected chi connectivity index (χ4v) is 2.98. The summed E-state index contributed by atoms with van der Waals surface area (Å²) >= 11 is 1.65. The summed E-state index contributed by atoms with van der Waals surface area (Å²) < 4.78 is 0. The van der Waals surface area contributed by atoms with Gasteiger partial charge in [-0.15, -0.1) is 11.3 Å². The van der Waals surface area contributed by atoms with Gasteiger partial charge in [0.2, 0.25) is 0 Å². The zero-order valence-corrected chi connectivity index (χ0v) is 13.3. The van der Waals surface area contributed by atoms with Crippen LogP contribution in [0.4, 0.5) is 0 Å². The highest BCUT2D eigenvalue weighted by Gasteiger charge is 2.03. The van der Waals surface area contributed by atoms with Crippen LogP contribution in [-0.2, 0) is 0 Å². The SMILES string of the molecule is CC(C)c1csc(/C=C/c2cnc3cc(C#N)ccc3c2)n1. The molecule has 0 aliphatic rings. The molecule has 2 aromatic heterocycles. The van der Waals surface area contributed by atoms with E-state index in [9.17, 15) is 0 Å². The van der Waals surface area contributed by atoms with Crippen LogP contribution in [0.2, 0.25) is 0 Å². The summed E-state index contributed by atoms with van der Waals surface area (Å²) in [7, 11) is 0. The first-order valence-electron chi connectivity index (χ1n) is 7.09. The second kappa shape index (κ2) is 6.08. The lowest BCUT2D eigenvalue weighted by atomic mass is 10.1. The molecule has 0 bridgehead atoms. The molecule has 0 amide bonds. The average molecular weight is 305 g/mol. The Bertz CT molecular complexity index is 885. The first-order chi connectivity index (χ1) is 10.7. The summed E-state index contributed by atoms with van der Waals surface area (Å²) in [6, 6.07) is 9.74. The van der Waals surface area contributed by atoms with E-state index in [0.717, 1.165) is 27.2 Å². The Balaban J connectivity index is 1.87. The van der Waals surface area contributed by atoms with Crippen LogP contribution in [0.25, 0.3) is 23.1 Å². The maximum absolute atomic E-state index is 8.91. The Morgan fingerprint density at radius 1 is 1.23 bits per heavy atom. The lowest BCUT2D eigenvalue weighted by Crippen LogP contribution is -1.86. The van der Waals surface area contributed by atoms with Crippen LogP contribution in [0.15, 0.2) is 35.8 Å². The van der Waals surface area contributed by atoms with E-state index in [1.165, 1.54) is 0 Å². The van der Waals surface area contributed by atoms with Crippen molar-refractivity contribution in [2.75, 3.05) is 0 Å². The maximum Gasteiger partial charge on any atom is 0.116 e. The van der Waals surface area contributed by atoms with Crippen LogP contribution in [0.5, 0.6) is 0 Å². The van der Waals surface area contributed by atoms with Gasteiger partial charge in [0, 0.05) is 17.0 Å². The molecule has 0 aliphatic heterocycles. The minimum atomic E-state index is 0.454. The van der Waals surface area contributed by atoms with E-state index >= 15 is 0 Å². The number of rotatable bonds is 3. The van der Waals surface area contributed by atoms with Gasteiger partial charge >= 0.3 is 0 Å². The van der Waals surface area contributed by atoms with Gasteiger partial charge in [-0.05, 0) is 35.8 Å². The second-order valence-electron chi connectivity index (χ2n) is 5.39. The number of aromatic nitrogens is 2. The van der Waals surface area contributed by atoms with Crippen LogP contribution >= 0.6 is 11.3 Å². The zero-order valence-electron chi connectivity index (χ0n) is 12.4. The molecule has 4 heteroatoms. The number of hydrogen-bond donors (Lipinski definition) is 0. The predicted molar refractivity (Wildman–Crippen MR) is 91.6 cm³/mol. The molecule has 0 N–H and O–H groups in total. The fraction of sp³-hybridized carbons (Fsp3) is 0.167. The molecule has 1 aromatic carbocycles. The third kappa shape index (κ3) is 3.05. The van der Waals surface area contributed by atoms with Crippen molar-refractivity contribution < 1.29 is 0 Å². The molecule has 0 radical (unpaired) electrons. The van der Waals surface area contributed by atoms with Gasteiger partial charge < -0.3 is 0 Å². The number of hydrogen-bond acceptors (Lipinski definition) is 4. The first kappa shape index (κ1) is 14.4. The van der Waals surface area contributed by atoms with Crippen molar-refractivity contribution in [3.63, 3.8) is 0 Å². The number of benzene rings is 1. The van der Waals surface area contributed by atoms with Crippen molar-refractivity contribution in [1.29, 1.82) is 5.26 Å². The van der Waals surface area contributed by atoms with Crippen molar-refractivity contribution in [2.45, 2.75) is 19.8 Å². The maximum atomic E-state index is 8.91. The summed E-state index contributed by atoms with van der Waals surface area (Å²) in [5.74, 6) is 0.454. The fourth-order valence-electron chi connectivity index (χ4n) is 2.11. The Hall–Kier alpha value is -2.51. The van der Waals surface area contributed by atoms with Crippen LogP contribution in [-0.4, -0.2) is 9.97 Å². The summed E-state index contributed by atoms with van der Waals surface area (Å²) in [6.45, 7) is 4.29. The minimum Gasteiger partial charge on any atom is -0.256 e. The minimum absolute atomic E-state index is 0.454. The van der Waals surface area contributed by atoms with E-state index in [0.29, 0.717) is 11.5 Å². The van der Waals surface area contributed by atoms with Crippen molar-refractivity contribution >= 4 is 34.4 Å². The number of fused-ring (bicyclic) bond motifs is 1. The largest absolute Gasteiger partial charge is 0.256 e. The highest BCUT2D eigenvalue weighted by Crippen LogP contribution is 2.20. The zero-order chi connectivity index (χ0) is 15.5. The molecule has 3 aromatic rings. The summed E-state index contributed by atoms with van der Waals surface area (Å²) in [4.78, 5) is 9.00. The van der Waals surface area contributed by atoms with Crippen molar-refractivity contribution in [3.8, 4) is 6.07 Å². The molecule has 2 heterocycles. The van der Waals surface area contributed by atoms with Crippen LogP contribution in [0.1, 0.15) is 41.6 Å². The van der Waals surface area contributed by atoms with Crippen LogP contribution in [0, 0.1) is 11.3 Å². The Kier molecular flexibility index (Phi) is 3.99. The van der Waals surface area contributed by atoms with E-state index in [2.05, 4.69) is 41.3 Å². The molecular weight excluding hydrogens is 290 g/mol. The third-order valence-corrected chi connectivity index (χ3v) is 4.21. The lowest BCUT2D eigenvalue weighted by Gasteiger charge is -1.99. The third-order valence-electron chi connectivity index (χ3n) is 3.38. The molecular formula is C18H15N3S. The van der Waals surface area contributed by atoms with E-state index in [1.54, 1.807) is 17.4 Å². The first-order valence-corrected chi connectivity index (χ1v) is 7.97. The van der Waals surface area contributed by atoms with Gasteiger partial charge in [-0.1, -0.05) is 26.0 Å². The normalized spacial score (nSPS) is 11.4. The van der Waals surface area contributed by atoms with Crippen LogP contribution < -0.4 is 0 Å². The van der Waals surface area contributed by atoms with Crippen molar-refractivity contribution in [2.24, 2.45) is 0 Å². The number of pyridine rings is 1. The molecule has 0 unspecified atom stereocenters. The van der Waals surface area contributed by atoms with Crippen molar-refractivity contribution in [3.05, 3.63) is 57.7 Å². The number of nitrogens with zero attached hydrogens (tertiary/aromatic N) is 3. The quantitative estimate of drug-likeness (QED) is 0.694. The van der Waals surface area contributed by atoms with E-state index < -0.39 is 0 Å². The van der Waals surface area contributed by atoms with E-state index in [-0.39, 0.29) is 0 Å². The summed E-state index contributed by atoms with van der Waals surface area (Å²) in [5, 5.41) is 13.0. The van der Waals surface area contributed by atoms with Gasteiger partial charge in [0.25, 0.3) is 0 Å². The van der Waals surface area contributed by atoms with Gasteiger partial charge in [-0.25, -0.2) is 4.98 Å². The van der Waals surface area contributed by atoms with Gasteiger partial charge in [-0.3, -0.25) is 4.98 Å². The van der Waals surface area contributed by atoms with E-state index in [4.69, 9.17) is 5.26 Å². The molecule has 0 fully saturated rings. The van der Waals surface area contributed by atoms with Gasteiger partial charge in [-0.2, -0.15) is 5.26 Å². The van der Waals surface area contributed by atoms with Crippen molar-refractivity contribution in [1.82, 2.24) is 9.97 Å². The van der Waals surface area contributed by atoms with Gasteiger partial charge in [0.15, 0.2) is 0 Å². The standard InChI is InChI=1S/C18H15N3S/c1-12(2)17-11-22-18(21-17)6-4-14-7-15-5-3-13(9-19)8-16(15)20-10-14/h3-8,10-12H,1-2H3/b6-4+. The Morgan fingerprint density at radius 3 is 2.82 bits per heavy atom. The highest BCUT2D eigenvalue weighted by atomic mass is 32.1. The predicted octanol–water partition coefficient (Wildman–Crippen LogP) is 4.86. The summed E-state index contributed by atoms with van der Waals surface area (Å²) in [6.07, 6.45) is 5.85. The molecule has 0 saturated carbocycles. The molecule has 3 rings (SSSR count). The van der Waals surface area contributed by atoms with E-state index in [1.807, 2.05) is 30.5 Å². The van der Waals surface area contributed by atoms with Gasteiger partial charge in [0.1, 0.15) is 5.01 Å². The monoisotopic (exact) mass is 305 g/mol. The molecule has 0 aliphatic carbocycles. The second-order valence-corrected chi connectivity index (χ2v) is 6.28. The molecule has 22 heavy (non-hydrogen) atoms. The highest BCUT2D eigenvalue weighted by molar-refractivity contribution is 7.10. The molecule has 3 nitrogen and oxygen atoms in total. The molecule has 0 saturated heterocycles. The number of thiazole rings is 1. The smallest absolute Gasteiger partial charge is 0.116 e.